The Bertz CT molecular complexity index is 1060. The fourth-order valence-corrected chi connectivity index (χ4v) is 4.68. The van der Waals surface area contributed by atoms with Crippen LogP contribution in [0.1, 0.15) is 21.2 Å². The zero-order chi connectivity index (χ0) is 18.0. The third-order valence-corrected chi connectivity index (χ3v) is 5.98. The first-order valence-corrected chi connectivity index (χ1v) is 9.30. The van der Waals surface area contributed by atoms with Gasteiger partial charge in [0.2, 0.25) is 10.0 Å². The number of aromatic carboxylic acids is 1. The van der Waals surface area contributed by atoms with Crippen molar-refractivity contribution in [1.29, 1.82) is 0 Å². The summed E-state index contributed by atoms with van der Waals surface area (Å²) in [4.78, 5) is 11.3. The van der Waals surface area contributed by atoms with Crippen molar-refractivity contribution in [3.05, 3.63) is 83.5 Å². The van der Waals surface area contributed by atoms with Gasteiger partial charge in [-0.05, 0) is 29.8 Å². The van der Waals surface area contributed by atoms with Gasteiger partial charge in [0.05, 0.1) is 11.1 Å². The van der Waals surface area contributed by atoms with Gasteiger partial charge in [0.15, 0.2) is 0 Å². The second kappa shape index (κ2) is 6.74. The van der Waals surface area contributed by atoms with Gasteiger partial charge >= 0.3 is 5.97 Å². The summed E-state index contributed by atoms with van der Waals surface area (Å²) in [7, 11) is -3.89. The lowest BCUT2D eigenvalue weighted by Gasteiger charge is -2.16. The van der Waals surface area contributed by atoms with E-state index in [0.29, 0.717) is 16.5 Å². The third kappa shape index (κ3) is 3.06. The minimum atomic E-state index is -3.89. The Hall–Kier alpha value is -2.57. The molecule has 3 rings (SSSR count). The number of carboxylic acids is 1. The smallest absolute Gasteiger partial charge is 0.336 e. The first-order valence-electron chi connectivity index (χ1n) is 7.36. The Kier molecular flexibility index (Phi) is 4.65. The topological polar surface area (TPSA) is 76.4 Å². The van der Waals surface area contributed by atoms with Gasteiger partial charge in [-0.2, -0.15) is 0 Å². The number of aromatic nitrogens is 1. The van der Waals surface area contributed by atoms with Crippen molar-refractivity contribution in [2.24, 2.45) is 0 Å². The number of carbonyl (C=O) groups is 1. The number of nitrogens with zero attached hydrogens (tertiary/aromatic N) is 1. The highest BCUT2D eigenvalue weighted by Gasteiger charge is 2.28. The van der Waals surface area contributed by atoms with E-state index in [1.807, 2.05) is 0 Å². The quantitative estimate of drug-likeness (QED) is 0.730. The molecule has 0 spiro atoms. The minimum Gasteiger partial charge on any atom is -0.478 e. The molecule has 128 valence electrons. The highest BCUT2D eigenvalue weighted by atomic mass is 35.5. The number of halogens is 1. The van der Waals surface area contributed by atoms with Crippen LogP contribution in [0.5, 0.6) is 0 Å². The average molecular weight is 376 g/mol. The molecule has 1 unspecified atom stereocenters. The van der Waals surface area contributed by atoms with Crippen LogP contribution in [-0.4, -0.2) is 23.5 Å². The Balaban J connectivity index is 2.22. The van der Waals surface area contributed by atoms with Crippen LogP contribution in [0.4, 0.5) is 0 Å². The number of fused-ring (bicyclic) bond motifs is 1. The monoisotopic (exact) mass is 375 g/mol. The number of rotatable bonds is 5. The molecule has 0 saturated carbocycles. The molecule has 5 nitrogen and oxygen atoms in total. The minimum absolute atomic E-state index is 0.0515. The van der Waals surface area contributed by atoms with Crippen molar-refractivity contribution in [3.63, 3.8) is 0 Å². The van der Waals surface area contributed by atoms with Gasteiger partial charge in [-0.1, -0.05) is 48.0 Å². The average Bonchev–Trinajstić information content (AvgIpc) is 3.05. The van der Waals surface area contributed by atoms with Crippen molar-refractivity contribution in [3.8, 4) is 0 Å². The van der Waals surface area contributed by atoms with Crippen molar-refractivity contribution in [2.75, 3.05) is 0 Å². The van der Waals surface area contributed by atoms with Crippen LogP contribution >= 0.6 is 11.6 Å². The molecule has 0 bridgehead atoms. The first kappa shape index (κ1) is 17.3. The molecule has 3 aromatic rings. The van der Waals surface area contributed by atoms with Crippen LogP contribution in [-0.2, 0) is 10.0 Å². The fourth-order valence-electron chi connectivity index (χ4n) is 2.76. The van der Waals surface area contributed by atoms with Gasteiger partial charge in [0, 0.05) is 17.1 Å². The molecule has 25 heavy (non-hydrogen) atoms. The molecular weight excluding hydrogens is 362 g/mol. The molecule has 0 aliphatic heterocycles. The standard InChI is InChI=1S/C18H14ClNO4S/c19-11-9-17(13-5-2-1-3-6-13)25(23,24)20-12-10-14-15(18(21)22)7-4-8-16(14)20/h1-12,17H,(H,21,22). The van der Waals surface area contributed by atoms with Crippen molar-refractivity contribution in [2.45, 2.75) is 5.25 Å². The van der Waals surface area contributed by atoms with Crippen LogP contribution in [0.15, 0.2) is 72.4 Å². The molecule has 2 aromatic carbocycles. The van der Waals surface area contributed by atoms with Gasteiger partial charge in [0.1, 0.15) is 5.25 Å². The zero-order valence-electron chi connectivity index (χ0n) is 12.9. The highest BCUT2D eigenvalue weighted by molar-refractivity contribution is 7.90. The van der Waals surface area contributed by atoms with E-state index in [1.165, 1.54) is 36.0 Å². The molecule has 0 fully saturated rings. The van der Waals surface area contributed by atoms with Crippen LogP contribution in [0.3, 0.4) is 0 Å². The summed E-state index contributed by atoms with van der Waals surface area (Å²) in [6.45, 7) is 0. The Morgan fingerprint density at radius 1 is 1.08 bits per heavy atom. The fraction of sp³-hybridized carbons (Fsp3) is 0.0556. The molecule has 0 saturated heterocycles. The van der Waals surface area contributed by atoms with E-state index in [9.17, 15) is 18.3 Å². The van der Waals surface area contributed by atoms with Crippen LogP contribution in [0.2, 0.25) is 0 Å². The van der Waals surface area contributed by atoms with E-state index in [2.05, 4.69) is 0 Å². The van der Waals surface area contributed by atoms with E-state index in [-0.39, 0.29) is 5.56 Å². The summed E-state index contributed by atoms with van der Waals surface area (Å²) in [5.41, 5.74) is 2.10. The molecule has 0 amide bonds. The summed E-state index contributed by atoms with van der Waals surface area (Å²) in [6.07, 6.45) is 2.75. The van der Waals surface area contributed by atoms with E-state index in [1.54, 1.807) is 36.4 Å². The lowest BCUT2D eigenvalue weighted by molar-refractivity contribution is 0.0699. The summed E-state index contributed by atoms with van der Waals surface area (Å²) in [5, 5.41) is 8.65. The Morgan fingerprint density at radius 3 is 2.44 bits per heavy atom. The number of carboxylic acid groups (broad SMARTS) is 1. The zero-order valence-corrected chi connectivity index (χ0v) is 14.5. The molecule has 1 aromatic heterocycles. The van der Waals surface area contributed by atoms with Crippen molar-refractivity contribution in [1.82, 2.24) is 3.97 Å². The van der Waals surface area contributed by atoms with Gasteiger partial charge in [-0.25, -0.2) is 17.2 Å². The maximum atomic E-state index is 13.2. The van der Waals surface area contributed by atoms with E-state index >= 15 is 0 Å². The number of hydrogen-bond donors (Lipinski definition) is 1. The summed E-state index contributed by atoms with van der Waals surface area (Å²) >= 11 is 5.67. The van der Waals surface area contributed by atoms with Crippen molar-refractivity contribution < 1.29 is 18.3 Å². The van der Waals surface area contributed by atoms with Gasteiger partial charge in [-0.15, -0.1) is 0 Å². The first-order chi connectivity index (χ1) is 12.0. The van der Waals surface area contributed by atoms with Crippen LogP contribution in [0, 0.1) is 0 Å². The van der Waals surface area contributed by atoms with Crippen LogP contribution < -0.4 is 0 Å². The Morgan fingerprint density at radius 2 is 1.80 bits per heavy atom. The molecule has 1 atom stereocenters. The second-order valence-electron chi connectivity index (χ2n) is 5.35. The predicted molar refractivity (Wildman–Crippen MR) is 97.4 cm³/mol. The van der Waals surface area contributed by atoms with Crippen molar-refractivity contribution >= 4 is 38.5 Å². The van der Waals surface area contributed by atoms with Gasteiger partial charge < -0.3 is 5.11 Å². The van der Waals surface area contributed by atoms with E-state index in [4.69, 9.17) is 11.6 Å². The molecule has 1 heterocycles. The maximum Gasteiger partial charge on any atom is 0.336 e. The van der Waals surface area contributed by atoms with Crippen LogP contribution in [0.25, 0.3) is 10.9 Å². The second-order valence-corrected chi connectivity index (χ2v) is 7.53. The predicted octanol–water partition coefficient (Wildman–Crippen LogP) is 4.01. The molecule has 1 N–H and O–H groups in total. The molecular formula is C18H14ClNO4S. The SMILES string of the molecule is O=C(O)c1cccc2c1ccn2S(=O)(=O)C(C=CCl)c1ccccc1. The number of benzene rings is 2. The molecule has 0 aliphatic rings. The van der Waals surface area contributed by atoms with Gasteiger partial charge in [-0.3, -0.25) is 0 Å². The normalized spacial score (nSPS) is 13.3. The summed E-state index contributed by atoms with van der Waals surface area (Å²) in [5.74, 6) is -1.11. The molecule has 7 heteroatoms. The maximum absolute atomic E-state index is 13.2. The lowest BCUT2D eigenvalue weighted by Crippen LogP contribution is -2.19. The highest BCUT2D eigenvalue weighted by Crippen LogP contribution is 2.30. The molecule has 0 aliphatic carbocycles. The number of hydrogen-bond acceptors (Lipinski definition) is 3. The molecule has 0 radical (unpaired) electrons. The summed E-state index contributed by atoms with van der Waals surface area (Å²) in [6, 6.07) is 14.7. The lowest BCUT2D eigenvalue weighted by atomic mass is 10.1. The third-order valence-electron chi connectivity index (χ3n) is 3.90. The Labute approximate surface area is 149 Å². The van der Waals surface area contributed by atoms with E-state index in [0.717, 1.165) is 3.97 Å². The van der Waals surface area contributed by atoms with Gasteiger partial charge in [0.25, 0.3) is 0 Å². The van der Waals surface area contributed by atoms with E-state index < -0.39 is 21.2 Å². The summed E-state index contributed by atoms with van der Waals surface area (Å²) < 4.78 is 27.5. The largest absolute Gasteiger partial charge is 0.478 e.